The number of thioether (sulfide) groups is 1. The number of nitriles is 1. The van der Waals surface area contributed by atoms with Gasteiger partial charge in [0, 0.05) is 10.4 Å². The number of esters is 1. The van der Waals surface area contributed by atoms with Gasteiger partial charge in [0.25, 0.3) is 0 Å². The number of carbonyl (C=O) groups is 3. The standard InChI is InChI=1S/C25H20BrClF3N3O5S/c1-3-38-18-7-4-12(8-16(18)27)20-14(10-31)23(33-22(35)21(20)24(36)37-2)39-11-19(34)32-17-6-5-13(26)9-15(17)25(28,29)30/h4-9,20-21H,3,11H2,1-2H3,(H,32,34)(H,33,35)/t20-,21-/m1/s1. The van der Waals surface area contributed by atoms with E-state index in [0.717, 1.165) is 31.0 Å². The van der Waals surface area contributed by atoms with Gasteiger partial charge in [0.1, 0.15) is 11.7 Å². The van der Waals surface area contributed by atoms with Crippen LogP contribution < -0.4 is 15.4 Å². The Labute approximate surface area is 239 Å². The summed E-state index contributed by atoms with van der Waals surface area (Å²) in [4.78, 5) is 38.1. The van der Waals surface area contributed by atoms with Gasteiger partial charge in [-0.25, -0.2) is 0 Å². The molecule has 1 aliphatic rings. The minimum atomic E-state index is -4.72. The summed E-state index contributed by atoms with van der Waals surface area (Å²) in [7, 11) is 1.10. The SMILES string of the molecule is CCOc1ccc([C@@H]2C(C#N)=C(SCC(=O)Nc3ccc(Br)cc3C(F)(F)F)NC(=O)[C@@H]2C(=O)OC)cc1Cl. The number of amides is 2. The van der Waals surface area contributed by atoms with Crippen molar-refractivity contribution in [3.05, 3.63) is 67.6 Å². The molecule has 206 valence electrons. The number of ether oxygens (including phenoxy) is 2. The lowest BCUT2D eigenvalue weighted by atomic mass is 9.78. The van der Waals surface area contributed by atoms with Crippen molar-refractivity contribution in [2.75, 3.05) is 24.8 Å². The molecule has 2 N–H and O–H groups in total. The third kappa shape index (κ3) is 7.06. The van der Waals surface area contributed by atoms with E-state index in [2.05, 4.69) is 26.6 Å². The number of allylic oxidation sites excluding steroid dienone is 1. The lowest BCUT2D eigenvalue weighted by Crippen LogP contribution is -2.44. The number of halogens is 5. The Morgan fingerprint density at radius 1 is 1.26 bits per heavy atom. The molecule has 2 aromatic carbocycles. The second kappa shape index (κ2) is 12.8. The van der Waals surface area contributed by atoms with Gasteiger partial charge in [-0.2, -0.15) is 18.4 Å². The van der Waals surface area contributed by atoms with Crippen molar-refractivity contribution in [3.63, 3.8) is 0 Å². The summed E-state index contributed by atoms with van der Waals surface area (Å²) in [5, 5.41) is 14.8. The first-order chi connectivity index (χ1) is 18.4. The van der Waals surface area contributed by atoms with Crippen molar-refractivity contribution >= 4 is 62.8 Å². The molecule has 0 fully saturated rings. The molecule has 14 heteroatoms. The molecule has 0 aliphatic carbocycles. The Balaban J connectivity index is 1.93. The first kappa shape index (κ1) is 30.3. The van der Waals surface area contributed by atoms with Crippen LogP contribution in [0, 0.1) is 17.2 Å². The average molecular weight is 647 g/mol. The molecule has 3 rings (SSSR count). The van der Waals surface area contributed by atoms with E-state index in [1.54, 1.807) is 13.0 Å². The van der Waals surface area contributed by atoms with Crippen molar-refractivity contribution in [3.8, 4) is 11.8 Å². The van der Waals surface area contributed by atoms with Gasteiger partial charge in [0.2, 0.25) is 11.8 Å². The Bertz CT molecular complexity index is 1380. The number of nitrogens with zero attached hydrogens (tertiary/aromatic N) is 1. The third-order valence-corrected chi connectivity index (χ3v) is 7.31. The molecule has 2 atom stereocenters. The zero-order valence-electron chi connectivity index (χ0n) is 20.3. The normalized spacial score (nSPS) is 17.2. The zero-order valence-corrected chi connectivity index (χ0v) is 23.5. The van der Waals surface area contributed by atoms with Gasteiger partial charge < -0.3 is 20.1 Å². The Hall–Kier alpha value is -3.21. The molecule has 8 nitrogen and oxygen atoms in total. The number of rotatable bonds is 8. The largest absolute Gasteiger partial charge is 0.492 e. The van der Waals surface area contributed by atoms with E-state index in [9.17, 15) is 32.8 Å². The molecular weight excluding hydrogens is 627 g/mol. The van der Waals surface area contributed by atoms with Crippen LogP contribution in [0.1, 0.15) is 24.0 Å². The fourth-order valence-electron chi connectivity index (χ4n) is 3.85. The Morgan fingerprint density at radius 2 is 1.97 bits per heavy atom. The van der Waals surface area contributed by atoms with E-state index < -0.39 is 52.8 Å². The van der Waals surface area contributed by atoms with Gasteiger partial charge in [-0.05, 0) is 42.8 Å². The smallest absolute Gasteiger partial charge is 0.418 e. The highest BCUT2D eigenvalue weighted by molar-refractivity contribution is 9.10. The van der Waals surface area contributed by atoms with E-state index in [0.29, 0.717) is 17.9 Å². The maximum absolute atomic E-state index is 13.4. The lowest BCUT2D eigenvalue weighted by molar-refractivity contribution is -0.150. The molecule has 0 spiro atoms. The van der Waals surface area contributed by atoms with Crippen molar-refractivity contribution < 1.29 is 37.0 Å². The molecule has 2 aromatic rings. The zero-order chi connectivity index (χ0) is 28.9. The van der Waals surface area contributed by atoms with Crippen LogP contribution in [0.2, 0.25) is 5.02 Å². The van der Waals surface area contributed by atoms with Crippen LogP contribution in [0.15, 0.2) is 51.5 Å². The summed E-state index contributed by atoms with van der Waals surface area (Å²) in [6, 6.07) is 9.80. The minimum Gasteiger partial charge on any atom is -0.492 e. The fourth-order valence-corrected chi connectivity index (χ4v) is 5.30. The van der Waals surface area contributed by atoms with Crippen LogP contribution in [0.3, 0.4) is 0 Å². The van der Waals surface area contributed by atoms with Crippen LogP contribution in [0.4, 0.5) is 18.9 Å². The number of nitrogens with one attached hydrogen (secondary N) is 2. The highest BCUT2D eigenvalue weighted by Crippen LogP contribution is 2.42. The van der Waals surface area contributed by atoms with Crippen LogP contribution in [0.5, 0.6) is 5.75 Å². The van der Waals surface area contributed by atoms with Gasteiger partial charge in [0.05, 0.1) is 52.4 Å². The topological polar surface area (TPSA) is 118 Å². The maximum Gasteiger partial charge on any atom is 0.418 e. The van der Waals surface area contributed by atoms with E-state index >= 15 is 0 Å². The van der Waals surface area contributed by atoms with Crippen molar-refractivity contribution in [1.29, 1.82) is 5.26 Å². The first-order valence-corrected chi connectivity index (χ1v) is 13.3. The number of alkyl halides is 3. The summed E-state index contributed by atoms with van der Waals surface area (Å²) >= 11 is 10.0. The molecule has 0 saturated heterocycles. The van der Waals surface area contributed by atoms with E-state index in [1.807, 2.05) is 6.07 Å². The predicted molar refractivity (Wildman–Crippen MR) is 142 cm³/mol. The summed E-state index contributed by atoms with van der Waals surface area (Å²) in [6.45, 7) is 2.10. The van der Waals surface area contributed by atoms with Crippen LogP contribution in [0.25, 0.3) is 0 Å². The molecular formula is C25H20BrClF3N3O5S. The quantitative estimate of drug-likeness (QED) is 0.282. The summed E-state index contributed by atoms with van der Waals surface area (Å²) in [5.74, 6) is -5.14. The molecule has 39 heavy (non-hydrogen) atoms. The fraction of sp³-hybridized carbons (Fsp3) is 0.280. The van der Waals surface area contributed by atoms with Gasteiger partial charge in [-0.1, -0.05) is 45.4 Å². The van der Waals surface area contributed by atoms with E-state index in [1.165, 1.54) is 18.2 Å². The second-order valence-electron chi connectivity index (χ2n) is 7.97. The summed E-state index contributed by atoms with van der Waals surface area (Å²) in [6.07, 6.45) is -4.72. The summed E-state index contributed by atoms with van der Waals surface area (Å²) in [5.41, 5.74) is -1.21. The number of hydrogen-bond acceptors (Lipinski definition) is 7. The molecule has 0 radical (unpaired) electrons. The molecule has 0 unspecified atom stereocenters. The first-order valence-electron chi connectivity index (χ1n) is 11.2. The highest BCUT2D eigenvalue weighted by atomic mass is 79.9. The summed E-state index contributed by atoms with van der Waals surface area (Å²) < 4.78 is 50.6. The minimum absolute atomic E-state index is 0.0281. The van der Waals surface area contributed by atoms with Gasteiger partial charge >= 0.3 is 12.1 Å². The molecule has 1 aliphatic heterocycles. The number of anilines is 1. The molecule has 2 amide bonds. The van der Waals surface area contributed by atoms with Crippen molar-refractivity contribution in [2.45, 2.75) is 19.0 Å². The Kier molecular flexibility index (Phi) is 9.93. The van der Waals surface area contributed by atoms with Gasteiger partial charge in [-0.3, -0.25) is 14.4 Å². The molecule has 0 bridgehead atoms. The van der Waals surface area contributed by atoms with Crippen molar-refractivity contribution in [1.82, 2.24) is 5.32 Å². The second-order valence-corrected chi connectivity index (χ2v) is 10.3. The molecule has 0 saturated carbocycles. The maximum atomic E-state index is 13.4. The van der Waals surface area contributed by atoms with Crippen molar-refractivity contribution in [2.24, 2.45) is 5.92 Å². The van der Waals surface area contributed by atoms with Crippen LogP contribution >= 0.6 is 39.3 Å². The number of carbonyl (C=O) groups excluding carboxylic acids is 3. The van der Waals surface area contributed by atoms with Crippen LogP contribution in [-0.2, 0) is 25.3 Å². The van der Waals surface area contributed by atoms with E-state index in [4.69, 9.17) is 21.1 Å². The monoisotopic (exact) mass is 645 g/mol. The van der Waals surface area contributed by atoms with Crippen LogP contribution in [-0.4, -0.2) is 37.3 Å². The number of benzene rings is 2. The number of methoxy groups -OCH3 is 1. The molecule has 1 heterocycles. The highest BCUT2D eigenvalue weighted by Gasteiger charge is 2.44. The molecule has 0 aromatic heterocycles. The Morgan fingerprint density at radius 3 is 2.56 bits per heavy atom. The predicted octanol–water partition coefficient (Wildman–Crippen LogP) is 5.63. The van der Waals surface area contributed by atoms with Gasteiger partial charge in [0.15, 0.2) is 0 Å². The third-order valence-electron chi connectivity index (χ3n) is 5.51. The van der Waals surface area contributed by atoms with E-state index in [-0.39, 0.29) is 20.1 Å². The number of hydrogen-bond donors (Lipinski definition) is 2. The lowest BCUT2D eigenvalue weighted by Gasteiger charge is -2.31. The van der Waals surface area contributed by atoms with Gasteiger partial charge in [-0.15, -0.1) is 0 Å². The average Bonchev–Trinajstić information content (AvgIpc) is 2.88.